The van der Waals surface area contributed by atoms with Gasteiger partial charge < -0.3 is 19.3 Å². The summed E-state index contributed by atoms with van der Waals surface area (Å²) in [5, 5.41) is 0.720. The molecule has 184 valence electrons. The Morgan fingerprint density at radius 3 is 2.17 bits per heavy atom. The highest BCUT2D eigenvalue weighted by atomic mass is 35.5. The van der Waals surface area contributed by atoms with Crippen molar-refractivity contribution >= 4 is 23.3 Å². The van der Waals surface area contributed by atoms with Crippen molar-refractivity contribution in [2.45, 2.75) is 26.7 Å². The summed E-state index contributed by atoms with van der Waals surface area (Å²) in [4.78, 5) is 27.1. The second-order valence-corrected chi connectivity index (χ2v) is 8.93. The van der Waals surface area contributed by atoms with Crippen molar-refractivity contribution < 1.29 is 14.3 Å². The molecule has 1 saturated heterocycles. The van der Waals surface area contributed by atoms with Crippen molar-refractivity contribution in [2.24, 2.45) is 0 Å². The summed E-state index contributed by atoms with van der Waals surface area (Å²) in [5.41, 5.74) is 3.81. The first-order valence-corrected chi connectivity index (χ1v) is 12.2. The van der Waals surface area contributed by atoms with Gasteiger partial charge in [-0.2, -0.15) is 0 Å². The van der Waals surface area contributed by atoms with Crippen LogP contribution in [0.25, 0.3) is 0 Å². The van der Waals surface area contributed by atoms with Crippen LogP contribution in [0.3, 0.4) is 0 Å². The minimum Gasteiger partial charge on any atom is -0.496 e. The van der Waals surface area contributed by atoms with Gasteiger partial charge in [-0.25, -0.2) is 9.97 Å². The smallest absolute Gasteiger partial charge is 0.261 e. The number of methoxy groups -OCH3 is 2. The van der Waals surface area contributed by atoms with Gasteiger partial charge in [-0.15, -0.1) is 0 Å². The monoisotopic (exact) mass is 494 g/mol. The lowest BCUT2D eigenvalue weighted by Gasteiger charge is -2.37. The third-order valence-electron chi connectivity index (χ3n) is 6.32. The normalized spacial score (nSPS) is 13.6. The summed E-state index contributed by atoms with van der Waals surface area (Å²) in [5.74, 6) is 2.65. The molecule has 0 bridgehead atoms. The first-order chi connectivity index (χ1) is 16.9. The number of aryl methyl sites for hydroxylation is 2. The van der Waals surface area contributed by atoms with Crippen LogP contribution in [0.15, 0.2) is 42.5 Å². The van der Waals surface area contributed by atoms with Crippen LogP contribution in [-0.4, -0.2) is 61.2 Å². The van der Waals surface area contributed by atoms with E-state index < -0.39 is 0 Å². The van der Waals surface area contributed by atoms with Crippen LogP contribution in [0, 0.1) is 6.92 Å². The van der Waals surface area contributed by atoms with Gasteiger partial charge in [-0.05, 0) is 43.2 Å². The fraction of sp³-hybridized carbons (Fsp3) is 0.370. The maximum absolute atomic E-state index is 13.4. The molecule has 0 N–H and O–H groups in total. The molecule has 0 radical (unpaired) electrons. The standard InChI is InChI=1S/C27H31ClN4O3/c1-5-22-21(17-19-9-11-20(28)12-10-19)26(30-18(2)29-22)31-13-15-32(16-14-31)27(33)25-23(34-3)7-6-8-24(25)35-4/h6-12H,5,13-17H2,1-4H3. The fourth-order valence-electron chi connectivity index (χ4n) is 4.52. The van der Waals surface area contributed by atoms with Gasteiger partial charge in [0.15, 0.2) is 0 Å². The third-order valence-corrected chi connectivity index (χ3v) is 6.57. The largest absolute Gasteiger partial charge is 0.496 e. The molecule has 1 aromatic heterocycles. The lowest BCUT2D eigenvalue weighted by atomic mass is 10.0. The maximum atomic E-state index is 13.4. The van der Waals surface area contributed by atoms with Crippen LogP contribution >= 0.6 is 11.6 Å². The summed E-state index contributed by atoms with van der Waals surface area (Å²) in [6.45, 7) is 6.55. The van der Waals surface area contributed by atoms with E-state index in [1.54, 1.807) is 26.4 Å². The Balaban J connectivity index is 1.57. The SMILES string of the molecule is CCc1nc(C)nc(N2CCN(C(=O)c3c(OC)cccc3OC)CC2)c1Cc1ccc(Cl)cc1. The number of ether oxygens (including phenoxy) is 2. The fourth-order valence-corrected chi connectivity index (χ4v) is 4.65. The topological polar surface area (TPSA) is 67.8 Å². The van der Waals surface area contributed by atoms with Gasteiger partial charge in [0.05, 0.1) is 14.2 Å². The number of aromatic nitrogens is 2. The number of carbonyl (C=O) groups excluding carboxylic acids is 1. The second kappa shape index (κ2) is 11.0. The Morgan fingerprint density at radius 1 is 0.971 bits per heavy atom. The Kier molecular flexibility index (Phi) is 7.76. The van der Waals surface area contributed by atoms with Crippen molar-refractivity contribution in [2.75, 3.05) is 45.3 Å². The van der Waals surface area contributed by atoms with Crippen LogP contribution in [0.4, 0.5) is 5.82 Å². The molecule has 1 amide bonds. The second-order valence-electron chi connectivity index (χ2n) is 8.49. The van der Waals surface area contributed by atoms with Crippen molar-refractivity contribution in [1.82, 2.24) is 14.9 Å². The van der Waals surface area contributed by atoms with E-state index in [0.29, 0.717) is 43.2 Å². The Hall–Kier alpha value is -3.32. The summed E-state index contributed by atoms with van der Waals surface area (Å²) < 4.78 is 10.9. The maximum Gasteiger partial charge on any atom is 0.261 e. The van der Waals surface area contributed by atoms with Crippen molar-refractivity contribution in [3.8, 4) is 11.5 Å². The van der Waals surface area contributed by atoms with Gasteiger partial charge in [0.1, 0.15) is 28.7 Å². The van der Waals surface area contributed by atoms with Gasteiger partial charge in [0.25, 0.3) is 5.91 Å². The van der Waals surface area contributed by atoms with E-state index in [2.05, 4.69) is 11.8 Å². The zero-order valence-electron chi connectivity index (χ0n) is 20.7. The van der Waals surface area contributed by atoms with Crippen molar-refractivity contribution in [3.63, 3.8) is 0 Å². The van der Waals surface area contributed by atoms with Gasteiger partial charge in [0.2, 0.25) is 0 Å². The molecule has 2 aromatic carbocycles. The van der Waals surface area contributed by atoms with E-state index in [9.17, 15) is 4.79 Å². The molecule has 0 aliphatic carbocycles. The first-order valence-electron chi connectivity index (χ1n) is 11.8. The van der Waals surface area contributed by atoms with Crippen molar-refractivity contribution in [1.29, 1.82) is 0 Å². The zero-order valence-corrected chi connectivity index (χ0v) is 21.4. The highest BCUT2D eigenvalue weighted by Gasteiger charge is 2.29. The van der Waals surface area contributed by atoms with Gasteiger partial charge in [-0.1, -0.05) is 36.7 Å². The molecule has 1 aliphatic rings. The Labute approximate surface area is 211 Å². The average molecular weight is 495 g/mol. The minimum atomic E-state index is -0.0894. The van der Waals surface area contributed by atoms with Crippen LogP contribution in [0.2, 0.25) is 5.02 Å². The molecule has 3 aromatic rings. The molecule has 8 heteroatoms. The van der Waals surface area contributed by atoms with E-state index in [4.69, 9.17) is 31.0 Å². The van der Waals surface area contributed by atoms with Crippen LogP contribution in [-0.2, 0) is 12.8 Å². The molecule has 0 saturated carbocycles. The number of hydrogen-bond acceptors (Lipinski definition) is 6. The Morgan fingerprint density at radius 2 is 1.60 bits per heavy atom. The average Bonchev–Trinajstić information content (AvgIpc) is 2.89. The number of nitrogens with zero attached hydrogens (tertiary/aromatic N) is 4. The molecule has 1 fully saturated rings. The lowest BCUT2D eigenvalue weighted by Crippen LogP contribution is -2.49. The van der Waals surface area contributed by atoms with Crippen LogP contribution in [0.1, 0.15) is 39.9 Å². The van der Waals surface area contributed by atoms with E-state index in [-0.39, 0.29) is 5.91 Å². The van der Waals surface area contributed by atoms with Gasteiger partial charge in [0, 0.05) is 48.9 Å². The van der Waals surface area contributed by atoms with Crippen LogP contribution < -0.4 is 14.4 Å². The predicted molar refractivity (Wildman–Crippen MR) is 138 cm³/mol. The summed E-state index contributed by atoms with van der Waals surface area (Å²) in [6.07, 6.45) is 1.55. The number of carbonyl (C=O) groups is 1. The van der Waals surface area contributed by atoms with E-state index in [0.717, 1.165) is 46.3 Å². The minimum absolute atomic E-state index is 0.0894. The molecular formula is C27H31ClN4O3. The van der Waals surface area contributed by atoms with Crippen LogP contribution in [0.5, 0.6) is 11.5 Å². The van der Waals surface area contributed by atoms with Gasteiger partial charge >= 0.3 is 0 Å². The molecule has 7 nitrogen and oxygen atoms in total. The molecule has 0 unspecified atom stereocenters. The molecule has 35 heavy (non-hydrogen) atoms. The number of anilines is 1. The molecule has 0 atom stereocenters. The molecule has 2 heterocycles. The number of rotatable bonds is 7. The number of hydrogen-bond donors (Lipinski definition) is 0. The highest BCUT2D eigenvalue weighted by Crippen LogP contribution is 2.31. The predicted octanol–water partition coefficient (Wildman–Crippen LogP) is 4.57. The molecular weight excluding hydrogens is 464 g/mol. The number of halogens is 1. The summed E-state index contributed by atoms with van der Waals surface area (Å²) >= 11 is 6.09. The molecule has 4 rings (SSSR count). The van der Waals surface area contributed by atoms with E-state index >= 15 is 0 Å². The number of amides is 1. The summed E-state index contributed by atoms with van der Waals surface area (Å²) in [7, 11) is 3.13. The van der Waals surface area contributed by atoms with Gasteiger partial charge in [-0.3, -0.25) is 4.79 Å². The molecule has 0 spiro atoms. The van der Waals surface area contributed by atoms with E-state index in [1.807, 2.05) is 42.2 Å². The summed E-state index contributed by atoms with van der Waals surface area (Å²) in [6, 6.07) is 13.3. The first kappa shape index (κ1) is 24.8. The number of benzene rings is 2. The quantitative estimate of drug-likeness (QED) is 0.479. The van der Waals surface area contributed by atoms with Crippen molar-refractivity contribution in [3.05, 3.63) is 75.7 Å². The third kappa shape index (κ3) is 5.35. The molecule has 1 aliphatic heterocycles. The highest BCUT2D eigenvalue weighted by molar-refractivity contribution is 6.30. The van der Waals surface area contributed by atoms with E-state index in [1.165, 1.54) is 0 Å². The Bertz CT molecular complexity index is 1170. The lowest BCUT2D eigenvalue weighted by molar-refractivity contribution is 0.0739. The number of piperazine rings is 1. The zero-order chi connectivity index (χ0) is 24.9.